The lowest BCUT2D eigenvalue weighted by molar-refractivity contribution is -0.126. The topological polar surface area (TPSA) is 89.1 Å². The van der Waals surface area contributed by atoms with E-state index in [1.54, 1.807) is 17.5 Å². The molecule has 0 bridgehead atoms. The van der Waals surface area contributed by atoms with Crippen LogP contribution in [0.15, 0.2) is 58.7 Å². The molecule has 0 saturated carbocycles. The normalized spacial score (nSPS) is 15.1. The summed E-state index contributed by atoms with van der Waals surface area (Å²) < 4.78 is 7.46. The minimum Gasteiger partial charge on any atom is -0.352 e. The van der Waals surface area contributed by atoms with Crippen molar-refractivity contribution in [3.05, 3.63) is 71.5 Å². The van der Waals surface area contributed by atoms with Gasteiger partial charge in [0.2, 0.25) is 17.6 Å². The van der Waals surface area contributed by atoms with Gasteiger partial charge < -0.3 is 14.4 Å². The van der Waals surface area contributed by atoms with Crippen molar-refractivity contribution in [3.63, 3.8) is 0 Å². The van der Waals surface area contributed by atoms with Crippen LogP contribution in [-0.4, -0.2) is 43.6 Å². The number of hydrogen-bond acceptors (Lipinski definition) is 7. The molecule has 8 nitrogen and oxygen atoms in total. The lowest BCUT2D eigenvalue weighted by atomic mass is 9.96. The number of benzene rings is 1. The van der Waals surface area contributed by atoms with E-state index in [9.17, 15) is 4.79 Å². The smallest absolute Gasteiger partial charge is 0.241 e. The Morgan fingerprint density at radius 1 is 1.21 bits per heavy atom. The average Bonchev–Trinajstić information content (AvgIpc) is 3.60. The predicted molar refractivity (Wildman–Crippen MR) is 126 cm³/mol. The molecule has 1 aromatic carbocycles. The van der Waals surface area contributed by atoms with Crippen LogP contribution in [0.2, 0.25) is 0 Å². The second kappa shape index (κ2) is 9.68. The van der Waals surface area contributed by atoms with Crippen LogP contribution in [0.4, 0.5) is 0 Å². The molecule has 170 valence electrons. The van der Waals surface area contributed by atoms with Crippen LogP contribution in [0.1, 0.15) is 30.1 Å². The van der Waals surface area contributed by atoms with Gasteiger partial charge in [0, 0.05) is 24.9 Å². The Morgan fingerprint density at radius 3 is 2.82 bits per heavy atom. The fourth-order valence-electron chi connectivity index (χ4n) is 4.22. The number of nitrogens with one attached hydrogen (secondary N) is 1. The van der Waals surface area contributed by atoms with Gasteiger partial charge in [-0.3, -0.25) is 9.69 Å². The van der Waals surface area contributed by atoms with E-state index < -0.39 is 0 Å². The second-order valence-corrected chi connectivity index (χ2v) is 9.18. The Morgan fingerprint density at radius 2 is 2.06 bits per heavy atom. The van der Waals surface area contributed by atoms with Crippen molar-refractivity contribution in [1.82, 2.24) is 29.9 Å². The van der Waals surface area contributed by atoms with Crippen molar-refractivity contribution in [2.75, 3.05) is 13.1 Å². The summed E-state index contributed by atoms with van der Waals surface area (Å²) in [6.07, 6.45) is 5.37. The summed E-state index contributed by atoms with van der Waals surface area (Å²) in [5, 5.41) is 9.22. The zero-order valence-electron chi connectivity index (χ0n) is 18.5. The molecule has 33 heavy (non-hydrogen) atoms. The van der Waals surface area contributed by atoms with E-state index in [4.69, 9.17) is 4.52 Å². The summed E-state index contributed by atoms with van der Waals surface area (Å²) in [6, 6.07) is 12.1. The molecule has 1 amide bonds. The molecule has 3 aromatic heterocycles. The first-order valence-electron chi connectivity index (χ1n) is 11.1. The number of imidazole rings is 1. The van der Waals surface area contributed by atoms with Crippen molar-refractivity contribution in [2.24, 2.45) is 5.92 Å². The van der Waals surface area contributed by atoms with Gasteiger partial charge in [-0.2, -0.15) is 4.98 Å². The fourth-order valence-corrected chi connectivity index (χ4v) is 4.87. The molecular weight excluding hydrogens is 436 g/mol. The summed E-state index contributed by atoms with van der Waals surface area (Å²) in [6.45, 7) is 4.75. The van der Waals surface area contributed by atoms with Gasteiger partial charge in [0.25, 0.3) is 0 Å². The van der Waals surface area contributed by atoms with Gasteiger partial charge in [-0.05, 0) is 55.9 Å². The second-order valence-electron chi connectivity index (χ2n) is 8.23. The largest absolute Gasteiger partial charge is 0.352 e. The molecule has 9 heteroatoms. The number of para-hydroxylation sites is 1. The predicted octanol–water partition coefficient (Wildman–Crippen LogP) is 3.82. The maximum atomic E-state index is 12.8. The third-order valence-electron chi connectivity index (χ3n) is 6.06. The van der Waals surface area contributed by atoms with Crippen molar-refractivity contribution >= 4 is 17.2 Å². The van der Waals surface area contributed by atoms with Crippen LogP contribution >= 0.6 is 11.3 Å². The lowest BCUT2D eigenvalue weighted by Crippen LogP contribution is -2.40. The molecular formula is C24H26N6O2S. The maximum absolute atomic E-state index is 12.8. The SMILES string of the molecule is Cc1nccn1-c1ccccc1CNC(=O)C1CCN(Cc2nc(-c3cccs3)no2)CC1. The number of thiophene rings is 1. The Labute approximate surface area is 196 Å². The van der Waals surface area contributed by atoms with Gasteiger partial charge in [-0.15, -0.1) is 11.3 Å². The number of aryl methyl sites for hydroxylation is 1. The number of likely N-dealkylation sites (tertiary alicyclic amines) is 1. The van der Waals surface area contributed by atoms with Crippen molar-refractivity contribution < 1.29 is 9.32 Å². The van der Waals surface area contributed by atoms with Crippen LogP contribution < -0.4 is 5.32 Å². The summed E-state index contributed by atoms with van der Waals surface area (Å²) in [5.41, 5.74) is 2.12. The average molecular weight is 463 g/mol. The molecule has 0 atom stereocenters. The molecule has 1 N–H and O–H groups in total. The number of hydrogen-bond donors (Lipinski definition) is 1. The molecule has 0 spiro atoms. The third kappa shape index (κ3) is 4.89. The van der Waals surface area contributed by atoms with Crippen LogP contribution in [0.5, 0.6) is 0 Å². The first-order valence-corrected chi connectivity index (χ1v) is 12.0. The number of carbonyl (C=O) groups is 1. The summed E-state index contributed by atoms with van der Waals surface area (Å²) in [7, 11) is 0. The van der Waals surface area contributed by atoms with Crippen LogP contribution in [0.25, 0.3) is 16.4 Å². The van der Waals surface area contributed by atoms with Crippen molar-refractivity contribution in [2.45, 2.75) is 32.9 Å². The van der Waals surface area contributed by atoms with Gasteiger partial charge in [0.15, 0.2) is 0 Å². The highest BCUT2D eigenvalue weighted by Crippen LogP contribution is 2.23. The summed E-state index contributed by atoms with van der Waals surface area (Å²) in [5.74, 6) is 2.32. The number of aromatic nitrogens is 4. The molecule has 0 radical (unpaired) electrons. The van der Waals surface area contributed by atoms with Gasteiger partial charge >= 0.3 is 0 Å². The highest BCUT2D eigenvalue weighted by molar-refractivity contribution is 7.13. The third-order valence-corrected chi connectivity index (χ3v) is 6.92. The molecule has 4 aromatic rings. The standard InChI is InChI=1S/C24H26N6O2S/c1-17-25-10-13-30(17)20-6-3-2-5-19(20)15-26-24(31)18-8-11-29(12-9-18)16-22-27-23(28-32-22)21-7-4-14-33-21/h2-7,10,13-14,18H,8-9,11-12,15-16H2,1H3,(H,26,31). The number of nitrogens with zero attached hydrogens (tertiary/aromatic N) is 5. The zero-order chi connectivity index (χ0) is 22.6. The van der Waals surface area contributed by atoms with E-state index in [-0.39, 0.29) is 11.8 Å². The van der Waals surface area contributed by atoms with Crippen molar-refractivity contribution in [3.8, 4) is 16.4 Å². The van der Waals surface area contributed by atoms with Crippen LogP contribution in [0, 0.1) is 12.8 Å². The molecule has 4 heterocycles. The van der Waals surface area contributed by atoms with Crippen LogP contribution in [0.3, 0.4) is 0 Å². The van der Waals surface area contributed by atoms with E-state index in [1.807, 2.05) is 53.4 Å². The first kappa shape index (κ1) is 21.5. The minimum atomic E-state index is 0.0211. The van der Waals surface area contributed by atoms with E-state index in [2.05, 4.69) is 31.4 Å². The number of amides is 1. The number of carbonyl (C=O) groups excluding carboxylic acids is 1. The van der Waals surface area contributed by atoms with Gasteiger partial charge in [0.1, 0.15) is 5.82 Å². The molecule has 0 aliphatic carbocycles. The lowest BCUT2D eigenvalue weighted by Gasteiger charge is -2.30. The molecule has 1 aliphatic heterocycles. The maximum Gasteiger partial charge on any atom is 0.241 e. The van der Waals surface area contributed by atoms with Gasteiger partial charge in [0.05, 0.1) is 17.1 Å². The quantitative estimate of drug-likeness (QED) is 0.449. The zero-order valence-corrected chi connectivity index (χ0v) is 19.3. The first-order chi connectivity index (χ1) is 16.2. The van der Waals surface area contributed by atoms with Crippen LogP contribution in [-0.2, 0) is 17.9 Å². The van der Waals surface area contributed by atoms with E-state index in [0.29, 0.717) is 24.8 Å². The Hall–Kier alpha value is -3.30. The summed E-state index contributed by atoms with van der Waals surface area (Å²) in [4.78, 5) is 24.9. The van der Waals surface area contributed by atoms with Crippen molar-refractivity contribution in [1.29, 1.82) is 0 Å². The molecule has 1 saturated heterocycles. The highest BCUT2D eigenvalue weighted by Gasteiger charge is 2.26. The van der Waals surface area contributed by atoms with E-state index >= 15 is 0 Å². The van der Waals surface area contributed by atoms with E-state index in [0.717, 1.165) is 47.9 Å². The molecule has 1 aliphatic rings. The molecule has 0 unspecified atom stereocenters. The summed E-state index contributed by atoms with van der Waals surface area (Å²) >= 11 is 1.60. The van der Waals surface area contributed by atoms with E-state index in [1.165, 1.54) is 0 Å². The number of rotatable bonds is 7. The Balaban J connectivity index is 1.13. The Kier molecular flexibility index (Phi) is 6.32. The Bertz CT molecular complexity index is 1210. The highest BCUT2D eigenvalue weighted by atomic mass is 32.1. The minimum absolute atomic E-state index is 0.0211. The molecule has 1 fully saturated rings. The molecule has 5 rings (SSSR count). The number of piperidine rings is 1. The van der Waals surface area contributed by atoms with Gasteiger partial charge in [-0.1, -0.05) is 29.4 Å². The monoisotopic (exact) mass is 462 g/mol. The van der Waals surface area contributed by atoms with Gasteiger partial charge in [-0.25, -0.2) is 4.98 Å². The fraction of sp³-hybridized carbons (Fsp3) is 0.333.